The van der Waals surface area contributed by atoms with Gasteiger partial charge in [0.1, 0.15) is 12.6 Å². The zero-order chi connectivity index (χ0) is 30.3. The highest BCUT2D eigenvalue weighted by Gasteiger charge is 2.34. The Balaban J connectivity index is 1.74. The lowest BCUT2D eigenvalue weighted by molar-refractivity contribution is -0.140. The standard InChI is InChI=1S/C31H34Cl3N3O4S/c1-42(40,41)37(27-14-8-11-24(32)18-27)21-30(38)36(20-23-15-16-25(33)19-28(23)34)29(17-22-9-4-2-5-10-22)31(39)35-26-12-6-3-7-13-26/h2,4-5,8-11,14-16,18-19,26,29H,3,6-7,12-13,17,20-21H2,1H3,(H,35,39)/t29-/m1/s1. The molecule has 0 radical (unpaired) electrons. The van der Waals surface area contributed by atoms with Crippen molar-refractivity contribution in [1.82, 2.24) is 10.2 Å². The number of benzene rings is 3. The maximum absolute atomic E-state index is 14.2. The molecule has 0 bridgehead atoms. The molecule has 42 heavy (non-hydrogen) atoms. The molecule has 1 aliphatic rings. The molecule has 3 aromatic rings. The van der Waals surface area contributed by atoms with Gasteiger partial charge in [-0.2, -0.15) is 0 Å². The summed E-state index contributed by atoms with van der Waals surface area (Å²) in [4.78, 5) is 29.6. The van der Waals surface area contributed by atoms with E-state index >= 15 is 0 Å². The van der Waals surface area contributed by atoms with Crippen molar-refractivity contribution in [3.05, 3.63) is 99.0 Å². The van der Waals surface area contributed by atoms with Crippen LogP contribution in [0.3, 0.4) is 0 Å². The van der Waals surface area contributed by atoms with Crippen LogP contribution in [-0.4, -0.2) is 50.0 Å². The SMILES string of the molecule is CS(=O)(=O)N(CC(=O)N(Cc1ccc(Cl)cc1Cl)[C@H](Cc1ccccc1)C(=O)NC1CCCCC1)c1cccc(Cl)c1. The van der Waals surface area contributed by atoms with Crippen molar-refractivity contribution in [3.63, 3.8) is 0 Å². The first-order valence-corrected chi connectivity index (χ1v) is 16.8. The summed E-state index contributed by atoms with van der Waals surface area (Å²) < 4.78 is 26.8. The Hall–Kier alpha value is -2.78. The summed E-state index contributed by atoms with van der Waals surface area (Å²) in [5.41, 5.74) is 1.68. The van der Waals surface area contributed by atoms with Gasteiger partial charge in [0, 0.05) is 34.1 Å². The summed E-state index contributed by atoms with van der Waals surface area (Å²) in [6.07, 6.45) is 6.19. The zero-order valence-corrected chi connectivity index (χ0v) is 26.4. The number of amides is 2. The summed E-state index contributed by atoms with van der Waals surface area (Å²) >= 11 is 18.8. The zero-order valence-electron chi connectivity index (χ0n) is 23.3. The van der Waals surface area contributed by atoms with Crippen molar-refractivity contribution >= 4 is 62.3 Å². The van der Waals surface area contributed by atoms with Gasteiger partial charge >= 0.3 is 0 Å². The maximum Gasteiger partial charge on any atom is 0.244 e. The highest BCUT2D eigenvalue weighted by atomic mass is 35.5. The van der Waals surface area contributed by atoms with Gasteiger partial charge < -0.3 is 10.2 Å². The highest BCUT2D eigenvalue weighted by Crippen LogP contribution is 2.26. The molecular formula is C31H34Cl3N3O4S. The van der Waals surface area contributed by atoms with Crippen LogP contribution in [0.25, 0.3) is 0 Å². The van der Waals surface area contributed by atoms with E-state index in [4.69, 9.17) is 34.8 Å². The summed E-state index contributed by atoms with van der Waals surface area (Å²) in [5.74, 6) is -0.857. The Morgan fingerprint density at radius 2 is 1.60 bits per heavy atom. The van der Waals surface area contributed by atoms with E-state index in [0.717, 1.165) is 48.2 Å². The molecule has 3 aromatic carbocycles. The number of nitrogens with zero attached hydrogens (tertiary/aromatic N) is 2. The molecule has 0 aromatic heterocycles. The Morgan fingerprint density at radius 3 is 2.24 bits per heavy atom. The minimum absolute atomic E-state index is 0.0135. The number of hydrogen-bond acceptors (Lipinski definition) is 4. The van der Waals surface area contributed by atoms with E-state index in [0.29, 0.717) is 20.6 Å². The predicted octanol–water partition coefficient (Wildman–Crippen LogP) is 6.50. The fourth-order valence-corrected chi connectivity index (χ4v) is 6.67. The van der Waals surface area contributed by atoms with Gasteiger partial charge in [-0.1, -0.05) is 96.5 Å². The van der Waals surface area contributed by atoms with Crippen molar-refractivity contribution in [3.8, 4) is 0 Å². The molecule has 1 aliphatic carbocycles. The van der Waals surface area contributed by atoms with Crippen molar-refractivity contribution in [1.29, 1.82) is 0 Å². The third-order valence-electron chi connectivity index (χ3n) is 7.35. The van der Waals surface area contributed by atoms with Gasteiger partial charge in [-0.15, -0.1) is 0 Å². The molecular weight excluding hydrogens is 617 g/mol. The van der Waals surface area contributed by atoms with E-state index in [2.05, 4.69) is 5.32 Å². The lowest BCUT2D eigenvalue weighted by Gasteiger charge is -2.35. The van der Waals surface area contributed by atoms with Crippen LogP contribution in [0.2, 0.25) is 15.1 Å². The van der Waals surface area contributed by atoms with E-state index in [9.17, 15) is 18.0 Å². The minimum Gasteiger partial charge on any atom is -0.352 e. The van der Waals surface area contributed by atoms with Crippen molar-refractivity contribution in [2.75, 3.05) is 17.1 Å². The van der Waals surface area contributed by atoms with E-state index < -0.39 is 28.5 Å². The molecule has 4 rings (SSSR count). The van der Waals surface area contributed by atoms with Crippen molar-refractivity contribution in [2.24, 2.45) is 0 Å². The average molecular weight is 651 g/mol. The number of carbonyl (C=O) groups excluding carboxylic acids is 2. The topological polar surface area (TPSA) is 86.8 Å². The number of hydrogen-bond donors (Lipinski definition) is 1. The normalized spacial score (nSPS) is 14.7. The Bertz CT molecular complexity index is 1500. The van der Waals surface area contributed by atoms with Crippen LogP contribution in [-0.2, 0) is 32.6 Å². The summed E-state index contributed by atoms with van der Waals surface area (Å²) in [5, 5.41) is 4.26. The number of nitrogens with one attached hydrogen (secondary N) is 1. The molecule has 0 spiro atoms. The summed E-state index contributed by atoms with van der Waals surface area (Å²) in [7, 11) is -3.89. The Kier molecular flexibility index (Phi) is 11.2. The molecule has 224 valence electrons. The van der Waals surface area contributed by atoms with E-state index in [1.807, 2.05) is 30.3 Å². The van der Waals surface area contributed by atoms with Crippen LogP contribution in [0.5, 0.6) is 0 Å². The van der Waals surface area contributed by atoms with E-state index in [-0.39, 0.29) is 30.6 Å². The second kappa shape index (κ2) is 14.6. The van der Waals surface area contributed by atoms with Gasteiger partial charge in [0.15, 0.2) is 0 Å². The number of sulfonamides is 1. The molecule has 2 amide bonds. The quantitative estimate of drug-likeness (QED) is 0.257. The molecule has 0 heterocycles. The fraction of sp³-hybridized carbons (Fsp3) is 0.355. The highest BCUT2D eigenvalue weighted by molar-refractivity contribution is 7.92. The molecule has 7 nitrogen and oxygen atoms in total. The molecule has 1 saturated carbocycles. The van der Waals surface area contributed by atoms with Crippen LogP contribution < -0.4 is 9.62 Å². The molecule has 1 atom stereocenters. The first-order chi connectivity index (χ1) is 20.0. The number of anilines is 1. The van der Waals surface area contributed by atoms with Crippen LogP contribution in [0.4, 0.5) is 5.69 Å². The van der Waals surface area contributed by atoms with Gasteiger partial charge in [0.2, 0.25) is 21.8 Å². The largest absolute Gasteiger partial charge is 0.352 e. The van der Waals surface area contributed by atoms with Crippen LogP contribution >= 0.6 is 34.8 Å². The molecule has 0 unspecified atom stereocenters. The van der Waals surface area contributed by atoms with E-state index in [1.54, 1.807) is 36.4 Å². The van der Waals surface area contributed by atoms with Gasteiger partial charge in [0.05, 0.1) is 11.9 Å². The fourth-order valence-electron chi connectivity index (χ4n) is 5.18. The minimum atomic E-state index is -3.89. The number of carbonyl (C=O) groups is 2. The van der Waals surface area contributed by atoms with Crippen LogP contribution in [0, 0.1) is 0 Å². The van der Waals surface area contributed by atoms with Crippen LogP contribution in [0.15, 0.2) is 72.8 Å². The molecule has 1 fully saturated rings. The molecule has 1 N–H and O–H groups in total. The van der Waals surface area contributed by atoms with Gasteiger partial charge in [-0.25, -0.2) is 8.42 Å². The van der Waals surface area contributed by atoms with Crippen LogP contribution in [0.1, 0.15) is 43.2 Å². The Morgan fingerprint density at radius 1 is 0.905 bits per heavy atom. The smallest absolute Gasteiger partial charge is 0.244 e. The first-order valence-electron chi connectivity index (χ1n) is 13.8. The second-order valence-electron chi connectivity index (χ2n) is 10.6. The van der Waals surface area contributed by atoms with Crippen molar-refractivity contribution < 1.29 is 18.0 Å². The van der Waals surface area contributed by atoms with E-state index in [1.165, 1.54) is 11.0 Å². The lowest BCUT2D eigenvalue weighted by atomic mass is 9.94. The predicted molar refractivity (Wildman–Crippen MR) is 170 cm³/mol. The third kappa shape index (κ3) is 8.86. The summed E-state index contributed by atoms with van der Waals surface area (Å²) in [6, 6.07) is 19.7. The average Bonchev–Trinajstić information content (AvgIpc) is 2.95. The number of rotatable bonds is 11. The van der Waals surface area contributed by atoms with Gasteiger partial charge in [-0.3, -0.25) is 13.9 Å². The maximum atomic E-state index is 14.2. The third-order valence-corrected chi connectivity index (χ3v) is 9.32. The number of halogens is 3. The Labute approximate surface area is 262 Å². The first kappa shape index (κ1) is 32.1. The molecule has 11 heteroatoms. The summed E-state index contributed by atoms with van der Waals surface area (Å²) in [6.45, 7) is -0.566. The second-order valence-corrected chi connectivity index (χ2v) is 13.7. The van der Waals surface area contributed by atoms with Gasteiger partial charge in [0.25, 0.3) is 0 Å². The van der Waals surface area contributed by atoms with Crippen molar-refractivity contribution in [2.45, 2.75) is 57.2 Å². The molecule has 0 aliphatic heterocycles. The monoisotopic (exact) mass is 649 g/mol. The lowest BCUT2D eigenvalue weighted by Crippen LogP contribution is -2.55. The van der Waals surface area contributed by atoms with Gasteiger partial charge in [-0.05, 0) is 54.3 Å². The molecule has 0 saturated heterocycles.